The highest BCUT2D eigenvalue weighted by atomic mass is 35.5. The van der Waals surface area contributed by atoms with Gasteiger partial charge in [0.15, 0.2) is 0 Å². The molecule has 0 heterocycles. The van der Waals surface area contributed by atoms with Crippen LogP contribution < -0.4 is 5.32 Å². The zero-order chi connectivity index (χ0) is 16.2. The fraction of sp³-hybridized carbons (Fsp3) is 0.333. The molecule has 0 aliphatic rings. The molecule has 0 unspecified atom stereocenters. The number of carbonyl (C=O) groups is 2. The first-order valence-electron chi connectivity index (χ1n) is 5.95. The number of carbonyl (C=O) groups excluding carboxylic acids is 1. The first-order chi connectivity index (χ1) is 9.77. The van der Waals surface area contributed by atoms with Crippen LogP contribution in [0.3, 0.4) is 0 Å². The molecule has 1 aromatic carbocycles. The van der Waals surface area contributed by atoms with Gasteiger partial charge in [0.05, 0.1) is 9.95 Å². The summed E-state index contributed by atoms with van der Waals surface area (Å²) in [4.78, 5) is 33.0. The number of rotatable bonds is 6. The first kappa shape index (κ1) is 17.2. The number of amides is 1. The Hall–Kier alpha value is -1.86. The minimum Gasteiger partial charge on any atom is -0.480 e. The lowest BCUT2D eigenvalue weighted by molar-refractivity contribution is -0.384. The number of benzene rings is 1. The number of halogens is 2. The molecule has 0 radical (unpaired) electrons. The molecule has 0 aliphatic carbocycles. The lowest BCUT2D eigenvalue weighted by Gasteiger charge is -2.13. The third kappa shape index (κ3) is 4.30. The van der Waals surface area contributed by atoms with Gasteiger partial charge in [0.25, 0.3) is 11.6 Å². The Morgan fingerprint density at radius 1 is 1.43 bits per heavy atom. The number of carboxylic acid groups (broad SMARTS) is 1. The van der Waals surface area contributed by atoms with Crippen molar-refractivity contribution in [1.82, 2.24) is 5.32 Å². The summed E-state index contributed by atoms with van der Waals surface area (Å²) in [6.07, 6.45) is 0.795. The summed E-state index contributed by atoms with van der Waals surface area (Å²) in [5.74, 6) is -1.95. The number of nitrogens with one attached hydrogen (secondary N) is 1. The van der Waals surface area contributed by atoms with Gasteiger partial charge in [-0.3, -0.25) is 14.9 Å². The topological polar surface area (TPSA) is 110 Å². The highest BCUT2D eigenvalue weighted by molar-refractivity contribution is 6.43. The molecule has 114 valence electrons. The van der Waals surface area contributed by atoms with E-state index < -0.39 is 28.5 Å². The first-order valence-corrected chi connectivity index (χ1v) is 6.70. The lowest BCUT2D eigenvalue weighted by Crippen LogP contribution is -2.40. The average molecular weight is 335 g/mol. The van der Waals surface area contributed by atoms with Gasteiger partial charge in [-0.1, -0.05) is 36.5 Å². The summed E-state index contributed by atoms with van der Waals surface area (Å²) in [5, 5.41) is 21.6. The van der Waals surface area contributed by atoms with E-state index in [2.05, 4.69) is 5.32 Å². The number of nitrogens with zero attached hydrogens (tertiary/aromatic N) is 1. The maximum Gasteiger partial charge on any atom is 0.326 e. The number of nitro groups is 1. The van der Waals surface area contributed by atoms with Crippen LogP contribution in [0.4, 0.5) is 5.69 Å². The van der Waals surface area contributed by atoms with E-state index in [1.54, 1.807) is 6.92 Å². The minimum absolute atomic E-state index is 0.126. The molecular weight excluding hydrogens is 323 g/mol. The van der Waals surface area contributed by atoms with Gasteiger partial charge in [-0.2, -0.15) is 0 Å². The molecule has 0 aliphatic heterocycles. The third-order valence-electron chi connectivity index (χ3n) is 2.65. The van der Waals surface area contributed by atoms with Gasteiger partial charge in [0.2, 0.25) is 0 Å². The van der Waals surface area contributed by atoms with E-state index in [-0.39, 0.29) is 22.0 Å². The van der Waals surface area contributed by atoms with Gasteiger partial charge in [-0.25, -0.2) is 4.79 Å². The zero-order valence-corrected chi connectivity index (χ0v) is 12.4. The van der Waals surface area contributed by atoms with Crippen LogP contribution in [0.15, 0.2) is 12.1 Å². The van der Waals surface area contributed by atoms with Crippen molar-refractivity contribution in [2.45, 2.75) is 25.8 Å². The fourth-order valence-corrected chi connectivity index (χ4v) is 2.02. The van der Waals surface area contributed by atoms with Crippen molar-refractivity contribution >= 4 is 40.8 Å². The summed E-state index contributed by atoms with van der Waals surface area (Å²) in [6, 6.07) is 1.03. The molecule has 1 atom stereocenters. The van der Waals surface area contributed by atoms with E-state index in [9.17, 15) is 19.7 Å². The second-order valence-electron chi connectivity index (χ2n) is 4.20. The SMILES string of the molecule is CCC[C@@H](NC(=O)c1cc(Cl)c(Cl)c([N+](=O)[O-])c1)C(=O)O. The maximum atomic E-state index is 12.0. The highest BCUT2D eigenvalue weighted by Crippen LogP contribution is 2.33. The summed E-state index contributed by atoms with van der Waals surface area (Å²) in [5.41, 5.74) is -0.643. The smallest absolute Gasteiger partial charge is 0.326 e. The van der Waals surface area contributed by atoms with Crippen LogP contribution in [0.1, 0.15) is 30.1 Å². The highest BCUT2D eigenvalue weighted by Gasteiger charge is 2.23. The van der Waals surface area contributed by atoms with E-state index in [1.165, 1.54) is 0 Å². The number of carboxylic acids is 1. The Kier molecular flexibility index (Phi) is 5.92. The number of hydrogen-bond donors (Lipinski definition) is 2. The van der Waals surface area contributed by atoms with Gasteiger partial charge in [0.1, 0.15) is 11.1 Å². The van der Waals surface area contributed by atoms with Gasteiger partial charge < -0.3 is 10.4 Å². The average Bonchev–Trinajstić information content (AvgIpc) is 2.40. The monoisotopic (exact) mass is 334 g/mol. The van der Waals surface area contributed by atoms with Gasteiger partial charge in [0, 0.05) is 11.6 Å². The summed E-state index contributed by atoms with van der Waals surface area (Å²) in [7, 11) is 0. The molecule has 0 fully saturated rings. The Morgan fingerprint density at radius 3 is 2.52 bits per heavy atom. The molecule has 9 heteroatoms. The molecule has 0 spiro atoms. The Bertz CT molecular complexity index is 591. The number of aliphatic carboxylic acids is 1. The molecule has 0 aromatic heterocycles. The zero-order valence-electron chi connectivity index (χ0n) is 10.9. The van der Waals surface area contributed by atoms with Gasteiger partial charge in [-0.15, -0.1) is 0 Å². The largest absolute Gasteiger partial charge is 0.480 e. The van der Waals surface area contributed by atoms with Crippen molar-refractivity contribution in [3.05, 3.63) is 37.9 Å². The molecule has 1 amide bonds. The maximum absolute atomic E-state index is 12.0. The molecule has 0 bridgehead atoms. The van der Waals surface area contributed by atoms with E-state index >= 15 is 0 Å². The van der Waals surface area contributed by atoms with Crippen LogP contribution >= 0.6 is 23.2 Å². The van der Waals surface area contributed by atoms with E-state index in [4.69, 9.17) is 28.3 Å². The summed E-state index contributed by atoms with van der Waals surface area (Å²) >= 11 is 11.4. The number of nitro benzene ring substituents is 1. The van der Waals surface area contributed by atoms with Gasteiger partial charge in [-0.05, 0) is 12.5 Å². The Labute approximate surface area is 130 Å². The molecule has 2 N–H and O–H groups in total. The van der Waals surface area contributed by atoms with Gasteiger partial charge >= 0.3 is 5.97 Å². The molecule has 1 aromatic rings. The van der Waals surface area contributed by atoms with Crippen molar-refractivity contribution in [2.24, 2.45) is 0 Å². The Balaban J connectivity index is 3.07. The summed E-state index contributed by atoms with van der Waals surface area (Å²) in [6.45, 7) is 1.77. The Morgan fingerprint density at radius 2 is 2.05 bits per heavy atom. The predicted molar refractivity (Wildman–Crippen MR) is 76.9 cm³/mol. The van der Waals surface area contributed by atoms with Crippen molar-refractivity contribution in [2.75, 3.05) is 0 Å². The van der Waals surface area contributed by atoms with Crippen LogP contribution in [0, 0.1) is 10.1 Å². The molecule has 0 saturated carbocycles. The second-order valence-corrected chi connectivity index (χ2v) is 4.99. The summed E-state index contributed by atoms with van der Waals surface area (Å²) < 4.78 is 0. The van der Waals surface area contributed by atoms with Crippen LogP contribution in [-0.2, 0) is 4.79 Å². The quantitative estimate of drug-likeness (QED) is 0.613. The molecule has 1 rings (SSSR count). The van der Waals surface area contributed by atoms with Crippen molar-refractivity contribution in [3.8, 4) is 0 Å². The molecular formula is C12H12Cl2N2O5. The van der Waals surface area contributed by atoms with Crippen molar-refractivity contribution < 1.29 is 19.6 Å². The van der Waals surface area contributed by atoms with E-state index in [0.29, 0.717) is 6.42 Å². The van der Waals surface area contributed by atoms with E-state index in [1.807, 2.05) is 0 Å². The van der Waals surface area contributed by atoms with Crippen molar-refractivity contribution in [3.63, 3.8) is 0 Å². The molecule has 7 nitrogen and oxygen atoms in total. The van der Waals surface area contributed by atoms with Crippen molar-refractivity contribution in [1.29, 1.82) is 0 Å². The number of hydrogen-bond acceptors (Lipinski definition) is 4. The van der Waals surface area contributed by atoms with Crippen LogP contribution in [-0.4, -0.2) is 27.9 Å². The minimum atomic E-state index is -1.18. The normalized spacial score (nSPS) is 11.8. The molecule has 21 heavy (non-hydrogen) atoms. The molecule has 0 saturated heterocycles. The van der Waals surface area contributed by atoms with Crippen LogP contribution in [0.2, 0.25) is 10.0 Å². The second kappa shape index (κ2) is 7.24. The predicted octanol–water partition coefficient (Wildman–Crippen LogP) is 2.88. The van der Waals surface area contributed by atoms with Crippen LogP contribution in [0.25, 0.3) is 0 Å². The van der Waals surface area contributed by atoms with E-state index in [0.717, 1.165) is 12.1 Å². The third-order valence-corrected chi connectivity index (χ3v) is 3.44. The standard InChI is InChI=1S/C12H12Cl2N2O5/c1-2-3-8(12(18)19)15-11(17)6-4-7(13)10(14)9(5-6)16(20)21/h4-5,8H,2-3H2,1H3,(H,15,17)(H,18,19)/t8-/m1/s1. The van der Waals surface area contributed by atoms with Crippen LogP contribution in [0.5, 0.6) is 0 Å². The lowest BCUT2D eigenvalue weighted by atomic mass is 10.1. The fourth-order valence-electron chi connectivity index (χ4n) is 1.63.